The SMILES string of the molecule is Cc1ccc(/C=C(\CCl)C(C)C)cn1. The number of hydrogen-bond donors (Lipinski definition) is 0. The summed E-state index contributed by atoms with van der Waals surface area (Å²) in [5.41, 5.74) is 3.41. The van der Waals surface area contributed by atoms with Gasteiger partial charge in [0.2, 0.25) is 0 Å². The van der Waals surface area contributed by atoms with Crippen molar-refractivity contribution in [2.45, 2.75) is 20.8 Å². The van der Waals surface area contributed by atoms with Crippen LogP contribution >= 0.6 is 11.6 Å². The van der Waals surface area contributed by atoms with Crippen molar-refractivity contribution in [3.63, 3.8) is 0 Å². The normalized spacial score (nSPS) is 12.2. The summed E-state index contributed by atoms with van der Waals surface area (Å²) in [6.07, 6.45) is 3.99. The number of hydrogen-bond acceptors (Lipinski definition) is 1. The molecular weight excluding hydrogens is 194 g/mol. The van der Waals surface area contributed by atoms with Crippen molar-refractivity contribution >= 4 is 17.7 Å². The molecule has 14 heavy (non-hydrogen) atoms. The maximum Gasteiger partial charge on any atom is 0.0439 e. The van der Waals surface area contributed by atoms with Gasteiger partial charge in [-0.05, 0) is 24.5 Å². The number of aromatic nitrogens is 1. The van der Waals surface area contributed by atoms with Crippen LogP contribution in [0.4, 0.5) is 0 Å². The fourth-order valence-corrected chi connectivity index (χ4v) is 1.52. The molecule has 1 heterocycles. The summed E-state index contributed by atoms with van der Waals surface area (Å²) in [4.78, 5) is 4.24. The molecule has 0 unspecified atom stereocenters. The highest BCUT2D eigenvalue weighted by molar-refractivity contribution is 6.19. The summed E-state index contributed by atoms with van der Waals surface area (Å²) in [5.74, 6) is 1.08. The third-order valence-corrected chi connectivity index (χ3v) is 2.49. The Balaban J connectivity index is 2.89. The monoisotopic (exact) mass is 209 g/mol. The van der Waals surface area contributed by atoms with E-state index >= 15 is 0 Å². The van der Waals surface area contributed by atoms with Crippen molar-refractivity contribution in [2.75, 3.05) is 5.88 Å². The lowest BCUT2D eigenvalue weighted by Crippen LogP contribution is -1.95. The minimum atomic E-state index is 0.494. The third-order valence-electron chi connectivity index (χ3n) is 2.18. The Morgan fingerprint density at radius 1 is 1.50 bits per heavy atom. The molecule has 0 radical (unpaired) electrons. The highest BCUT2D eigenvalue weighted by atomic mass is 35.5. The van der Waals surface area contributed by atoms with Crippen LogP contribution < -0.4 is 0 Å². The zero-order valence-corrected chi connectivity index (χ0v) is 9.67. The highest BCUT2D eigenvalue weighted by Gasteiger charge is 2.01. The molecule has 1 rings (SSSR count). The summed E-state index contributed by atoms with van der Waals surface area (Å²) in [6, 6.07) is 4.08. The summed E-state index contributed by atoms with van der Waals surface area (Å²) in [6.45, 7) is 6.28. The molecule has 0 saturated heterocycles. The Morgan fingerprint density at radius 3 is 2.64 bits per heavy atom. The Labute approximate surface area is 90.8 Å². The lowest BCUT2D eigenvalue weighted by molar-refractivity contribution is 0.778. The minimum Gasteiger partial charge on any atom is -0.261 e. The Hall–Kier alpha value is -0.820. The zero-order valence-electron chi connectivity index (χ0n) is 8.92. The average molecular weight is 210 g/mol. The first-order valence-electron chi connectivity index (χ1n) is 4.82. The highest BCUT2D eigenvalue weighted by Crippen LogP contribution is 2.15. The Kier molecular flexibility index (Phi) is 4.15. The van der Waals surface area contributed by atoms with Crippen molar-refractivity contribution < 1.29 is 0 Å². The molecule has 76 valence electrons. The first kappa shape index (κ1) is 11.3. The van der Waals surface area contributed by atoms with Crippen LogP contribution in [0.1, 0.15) is 25.1 Å². The maximum atomic E-state index is 5.86. The van der Waals surface area contributed by atoms with E-state index in [9.17, 15) is 0 Å². The van der Waals surface area contributed by atoms with Crippen molar-refractivity contribution in [3.05, 3.63) is 35.2 Å². The van der Waals surface area contributed by atoms with Crippen molar-refractivity contribution in [3.8, 4) is 0 Å². The van der Waals surface area contributed by atoms with Crippen LogP contribution in [0.25, 0.3) is 6.08 Å². The van der Waals surface area contributed by atoms with Gasteiger partial charge in [-0.2, -0.15) is 0 Å². The number of halogens is 1. The van der Waals surface area contributed by atoms with Crippen LogP contribution in [0.15, 0.2) is 23.9 Å². The zero-order chi connectivity index (χ0) is 10.6. The molecule has 1 aromatic rings. The molecule has 2 heteroatoms. The second-order valence-electron chi connectivity index (χ2n) is 3.74. The first-order chi connectivity index (χ1) is 6.63. The van der Waals surface area contributed by atoms with Crippen LogP contribution in [0.3, 0.4) is 0 Å². The van der Waals surface area contributed by atoms with Crippen LogP contribution in [-0.2, 0) is 0 Å². The van der Waals surface area contributed by atoms with E-state index in [-0.39, 0.29) is 0 Å². The van der Waals surface area contributed by atoms with E-state index in [1.807, 2.05) is 19.2 Å². The van der Waals surface area contributed by atoms with Gasteiger partial charge in [-0.25, -0.2) is 0 Å². The Bertz CT molecular complexity index is 312. The van der Waals surface area contributed by atoms with Crippen LogP contribution in [0.2, 0.25) is 0 Å². The van der Waals surface area contributed by atoms with Gasteiger partial charge in [0.25, 0.3) is 0 Å². The summed E-state index contributed by atoms with van der Waals surface area (Å²) >= 11 is 5.86. The topological polar surface area (TPSA) is 12.9 Å². The van der Waals surface area contributed by atoms with Gasteiger partial charge in [0.1, 0.15) is 0 Å². The predicted molar refractivity (Wildman–Crippen MR) is 62.5 cm³/mol. The molecule has 0 fully saturated rings. The van der Waals surface area contributed by atoms with Crippen molar-refractivity contribution in [1.29, 1.82) is 0 Å². The standard InChI is InChI=1S/C12H16ClN/c1-9(2)12(7-13)6-11-5-4-10(3)14-8-11/h4-6,8-9H,7H2,1-3H3/b12-6+. The smallest absolute Gasteiger partial charge is 0.0439 e. The quantitative estimate of drug-likeness (QED) is 0.693. The molecule has 0 aliphatic heterocycles. The lowest BCUT2D eigenvalue weighted by Gasteiger charge is -2.07. The van der Waals surface area contributed by atoms with Crippen LogP contribution in [0.5, 0.6) is 0 Å². The first-order valence-corrected chi connectivity index (χ1v) is 5.36. The number of nitrogens with zero attached hydrogens (tertiary/aromatic N) is 1. The van der Waals surface area contributed by atoms with Gasteiger partial charge in [0, 0.05) is 17.8 Å². The molecular formula is C12H16ClN. The van der Waals surface area contributed by atoms with Gasteiger partial charge in [-0.3, -0.25) is 4.98 Å². The van der Waals surface area contributed by atoms with Gasteiger partial charge in [-0.15, -0.1) is 11.6 Å². The molecule has 0 aliphatic rings. The number of alkyl halides is 1. The van der Waals surface area contributed by atoms with Crippen LogP contribution in [-0.4, -0.2) is 10.9 Å². The van der Waals surface area contributed by atoms with E-state index in [1.54, 1.807) is 0 Å². The second kappa shape index (κ2) is 5.16. The Morgan fingerprint density at radius 2 is 2.21 bits per heavy atom. The molecule has 0 spiro atoms. The van der Waals surface area contributed by atoms with Gasteiger partial charge >= 0.3 is 0 Å². The molecule has 0 saturated carbocycles. The van der Waals surface area contributed by atoms with E-state index in [0.717, 1.165) is 11.3 Å². The van der Waals surface area contributed by atoms with E-state index in [2.05, 4.69) is 31.0 Å². The fraction of sp³-hybridized carbons (Fsp3) is 0.417. The minimum absolute atomic E-state index is 0.494. The average Bonchev–Trinajstić information content (AvgIpc) is 2.16. The van der Waals surface area contributed by atoms with Gasteiger partial charge < -0.3 is 0 Å². The number of aryl methyl sites for hydroxylation is 1. The molecule has 0 bridgehead atoms. The van der Waals surface area contributed by atoms with E-state index in [1.165, 1.54) is 5.57 Å². The van der Waals surface area contributed by atoms with Crippen molar-refractivity contribution in [1.82, 2.24) is 4.98 Å². The molecule has 1 aromatic heterocycles. The molecule has 0 aromatic carbocycles. The predicted octanol–water partition coefficient (Wildman–Crippen LogP) is 3.67. The number of pyridine rings is 1. The van der Waals surface area contributed by atoms with Crippen molar-refractivity contribution in [2.24, 2.45) is 5.92 Å². The van der Waals surface area contributed by atoms with E-state index in [0.29, 0.717) is 11.8 Å². The summed E-state index contributed by atoms with van der Waals surface area (Å²) < 4.78 is 0. The van der Waals surface area contributed by atoms with Gasteiger partial charge in [0.15, 0.2) is 0 Å². The summed E-state index contributed by atoms with van der Waals surface area (Å²) in [7, 11) is 0. The largest absolute Gasteiger partial charge is 0.261 e. The fourth-order valence-electron chi connectivity index (χ4n) is 1.14. The molecule has 0 atom stereocenters. The third kappa shape index (κ3) is 3.15. The molecule has 0 amide bonds. The summed E-state index contributed by atoms with van der Waals surface area (Å²) in [5, 5.41) is 0. The maximum absolute atomic E-state index is 5.86. The van der Waals surface area contributed by atoms with E-state index < -0.39 is 0 Å². The van der Waals surface area contributed by atoms with Crippen LogP contribution in [0, 0.1) is 12.8 Å². The van der Waals surface area contributed by atoms with Gasteiger partial charge in [-0.1, -0.05) is 31.6 Å². The number of allylic oxidation sites excluding steroid dienone is 1. The molecule has 0 aliphatic carbocycles. The lowest BCUT2D eigenvalue weighted by atomic mass is 10.0. The number of rotatable bonds is 3. The molecule has 1 nitrogen and oxygen atoms in total. The van der Waals surface area contributed by atoms with E-state index in [4.69, 9.17) is 11.6 Å². The second-order valence-corrected chi connectivity index (χ2v) is 4.01. The molecule has 0 N–H and O–H groups in total. The van der Waals surface area contributed by atoms with Gasteiger partial charge in [0.05, 0.1) is 0 Å².